The van der Waals surface area contributed by atoms with Gasteiger partial charge in [0, 0.05) is 58.4 Å². The largest absolute Gasteiger partial charge is 0.360 e. The molecule has 0 aromatic carbocycles. The lowest BCUT2D eigenvalue weighted by Crippen LogP contribution is -2.54. The van der Waals surface area contributed by atoms with E-state index in [2.05, 4.69) is 63.4 Å². The molecule has 7 heteroatoms. The Kier molecular flexibility index (Phi) is 6.56. The van der Waals surface area contributed by atoms with Crippen molar-refractivity contribution in [2.24, 2.45) is 4.99 Å². The van der Waals surface area contributed by atoms with Crippen LogP contribution in [0.1, 0.15) is 6.92 Å². The third-order valence-corrected chi connectivity index (χ3v) is 6.09. The first-order valence-corrected chi connectivity index (χ1v) is 10.3. The summed E-state index contributed by atoms with van der Waals surface area (Å²) in [5, 5.41) is 7.04. The smallest absolute Gasteiger partial charge is 0.194 e. The molecule has 2 saturated heterocycles. The van der Waals surface area contributed by atoms with Crippen LogP contribution in [-0.2, 0) is 0 Å². The summed E-state index contributed by atoms with van der Waals surface area (Å²) in [5.41, 5.74) is 0. The number of hydrogen-bond acceptors (Lipinski definition) is 5. The fraction of sp³-hybridized carbons (Fsp3) is 0.722. The van der Waals surface area contributed by atoms with Crippen LogP contribution in [0.25, 0.3) is 0 Å². The van der Waals surface area contributed by atoms with Gasteiger partial charge in [0.25, 0.3) is 0 Å². The maximum Gasteiger partial charge on any atom is 0.194 e. The Morgan fingerprint density at radius 1 is 1.20 bits per heavy atom. The molecule has 2 aliphatic heterocycles. The maximum atomic E-state index is 4.98. The number of rotatable bonds is 4. The SMILES string of the molecule is CCNC(=NCC1CN(C)CCN1C)N1CCN(c2cccs2)CC1. The topological polar surface area (TPSA) is 37.4 Å². The summed E-state index contributed by atoms with van der Waals surface area (Å²) >= 11 is 1.83. The minimum Gasteiger partial charge on any atom is -0.360 e. The molecule has 0 radical (unpaired) electrons. The molecule has 2 aliphatic rings. The molecule has 0 amide bonds. The van der Waals surface area contributed by atoms with E-state index in [1.54, 1.807) is 0 Å². The van der Waals surface area contributed by atoms with E-state index in [0.717, 1.165) is 64.9 Å². The van der Waals surface area contributed by atoms with Gasteiger partial charge in [-0.2, -0.15) is 0 Å². The molecule has 1 aromatic rings. The van der Waals surface area contributed by atoms with Gasteiger partial charge in [0.15, 0.2) is 5.96 Å². The van der Waals surface area contributed by atoms with Crippen molar-refractivity contribution in [3.63, 3.8) is 0 Å². The molecule has 2 fully saturated rings. The number of piperazine rings is 2. The third kappa shape index (κ3) is 4.86. The lowest BCUT2D eigenvalue weighted by atomic mass is 10.2. The van der Waals surface area contributed by atoms with Crippen molar-refractivity contribution in [1.82, 2.24) is 20.0 Å². The second kappa shape index (κ2) is 8.87. The monoisotopic (exact) mass is 364 g/mol. The summed E-state index contributed by atoms with van der Waals surface area (Å²) in [4.78, 5) is 14.7. The van der Waals surface area contributed by atoms with Gasteiger partial charge in [-0.15, -0.1) is 11.3 Å². The average Bonchev–Trinajstić information content (AvgIpc) is 3.16. The number of anilines is 1. The lowest BCUT2D eigenvalue weighted by Gasteiger charge is -2.38. The van der Waals surface area contributed by atoms with E-state index in [-0.39, 0.29) is 0 Å². The molecule has 1 aromatic heterocycles. The van der Waals surface area contributed by atoms with Crippen LogP contribution >= 0.6 is 11.3 Å². The first kappa shape index (κ1) is 18.5. The molecule has 6 nitrogen and oxygen atoms in total. The van der Waals surface area contributed by atoms with Crippen LogP contribution in [0.15, 0.2) is 22.5 Å². The van der Waals surface area contributed by atoms with E-state index in [0.29, 0.717) is 6.04 Å². The molecule has 0 bridgehead atoms. The molecular weight excluding hydrogens is 332 g/mol. The van der Waals surface area contributed by atoms with Crippen molar-refractivity contribution in [1.29, 1.82) is 0 Å². The van der Waals surface area contributed by atoms with E-state index in [4.69, 9.17) is 4.99 Å². The number of likely N-dealkylation sites (N-methyl/N-ethyl adjacent to an activating group) is 2. The summed E-state index contributed by atoms with van der Waals surface area (Å²) in [7, 11) is 4.43. The van der Waals surface area contributed by atoms with Gasteiger partial charge in [0.1, 0.15) is 0 Å². The second-order valence-corrected chi connectivity index (χ2v) is 7.94. The van der Waals surface area contributed by atoms with E-state index >= 15 is 0 Å². The Labute approximate surface area is 156 Å². The van der Waals surface area contributed by atoms with Crippen molar-refractivity contribution in [3.8, 4) is 0 Å². The molecular formula is C18H32N6S. The van der Waals surface area contributed by atoms with Crippen molar-refractivity contribution in [2.75, 3.05) is 77.9 Å². The Hall–Kier alpha value is -1.31. The molecule has 0 saturated carbocycles. The third-order valence-electron chi connectivity index (χ3n) is 5.16. The van der Waals surface area contributed by atoms with Crippen molar-refractivity contribution in [2.45, 2.75) is 13.0 Å². The molecule has 1 unspecified atom stereocenters. The fourth-order valence-electron chi connectivity index (χ4n) is 3.50. The van der Waals surface area contributed by atoms with Crippen LogP contribution in [0.5, 0.6) is 0 Å². The van der Waals surface area contributed by atoms with Crippen molar-refractivity contribution >= 4 is 22.3 Å². The van der Waals surface area contributed by atoms with E-state index < -0.39 is 0 Å². The van der Waals surface area contributed by atoms with E-state index in [1.165, 1.54) is 5.00 Å². The number of nitrogens with zero attached hydrogens (tertiary/aromatic N) is 5. The summed E-state index contributed by atoms with van der Waals surface area (Å²) in [5.74, 6) is 1.08. The fourth-order valence-corrected chi connectivity index (χ4v) is 4.29. The minimum atomic E-state index is 0.514. The van der Waals surface area contributed by atoms with Gasteiger partial charge in [0.2, 0.25) is 0 Å². The highest BCUT2D eigenvalue weighted by atomic mass is 32.1. The highest BCUT2D eigenvalue weighted by Gasteiger charge is 2.24. The molecule has 140 valence electrons. The summed E-state index contributed by atoms with van der Waals surface area (Å²) in [6.07, 6.45) is 0. The Morgan fingerprint density at radius 2 is 2.00 bits per heavy atom. The Balaban J connectivity index is 1.57. The van der Waals surface area contributed by atoms with Gasteiger partial charge in [-0.1, -0.05) is 0 Å². The minimum absolute atomic E-state index is 0.514. The van der Waals surface area contributed by atoms with Crippen LogP contribution in [0, 0.1) is 0 Å². The van der Waals surface area contributed by atoms with Crippen LogP contribution in [0.3, 0.4) is 0 Å². The first-order valence-electron chi connectivity index (χ1n) is 9.38. The van der Waals surface area contributed by atoms with Gasteiger partial charge in [0.05, 0.1) is 11.5 Å². The quantitative estimate of drug-likeness (QED) is 0.639. The standard InChI is InChI=1S/C18H32N6S/c1-4-19-18(20-14-16-15-21(2)7-8-22(16)3)24-11-9-23(10-12-24)17-6-5-13-25-17/h5-6,13,16H,4,7-12,14-15H2,1-3H3,(H,19,20). The molecule has 3 rings (SSSR count). The average molecular weight is 365 g/mol. The Morgan fingerprint density at radius 3 is 2.68 bits per heavy atom. The number of nitrogens with one attached hydrogen (secondary N) is 1. The second-order valence-electron chi connectivity index (χ2n) is 7.02. The van der Waals surface area contributed by atoms with Crippen molar-refractivity contribution in [3.05, 3.63) is 17.5 Å². The zero-order valence-corrected chi connectivity index (χ0v) is 16.6. The molecule has 1 atom stereocenters. The van der Waals surface area contributed by atoms with Crippen LogP contribution < -0.4 is 10.2 Å². The molecule has 0 spiro atoms. The zero-order valence-electron chi connectivity index (χ0n) is 15.8. The van der Waals surface area contributed by atoms with E-state index in [1.807, 2.05) is 11.3 Å². The van der Waals surface area contributed by atoms with Crippen molar-refractivity contribution < 1.29 is 0 Å². The lowest BCUT2D eigenvalue weighted by molar-refractivity contribution is 0.119. The molecule has 0 aliphatic carbocycles. The van der Waals surface area contributed by atoms with Gasteiger partial charge >= 0.3 is 0 Å². The van der Waals surface area contributed by atoms with Gasteiger partial charge in [-0.25, -0.2) is 0 Å². The van der Waals surface area contributed by atoms with Gasteiger partial charge in [-0.3, -0.25) is 9.89 Å². The van der Waals surface area contributed by atoms with Gasteiger partial charge in [-0.05, 0) is 38.5 Å². The summed E-state index contributed by atoms with van der Waals surface area (Å²) in [6.45, 7) is 11.5. The van der Waals surface area contributed by atoms with Crippen LogP contribution in [0.4, 0.5) is 5.00 Å². The van der Waals surface area contributed by atoms with Crippen LogP contribution in [0.2, 0.25) is 0 Å². The number of thiophene rings is 1. The normalized spacial score (nSPS) is 24.0. The highest BCUT2D eigenvalue weighted by molar-refractivity contribution is 7.14. The predicted octanol–water partition coefficient (Wildman–Crippen LogP) is 1.08. The molecule has 25 heavy (non-hydrogen) atoms. The number of hydrogen-bond donors (Lipinski definition) is 1. The predicted molar refractivity (Wildman–Crippen MR) is 108 cm³/mol. The zero-order chi connectivity index (χ0) is 17.6. The van der Waals surface area contributed by atoms with Gasteiger partial charge < -0.3 is 20.0 Å². The number of aliphatic imine (C=N–C) groups is 1. The molecule has 1 N–H and O–H groups in total. The Bertz CT molecular complexity index is 538. The number of guanidine groups is 1. The highest BCUT2D eigenvalue weighted by Crippen LogP contribution is 2.22. The molecule has 3 heterocycles. The van der Waals surface area contributed by atoms with Crippen LogP contribution in [-0.4, -0.2) is 99.7 Å². The summed E-state index contributed by atoms with van der Waals surface area (Å²) < 4.78 is 0. The maximum absolute atomic E-state index is 4.98. The summed E-state index contributed by atoms with van der Waals surface area (Å²) in [6, 6.07) is 4.87. The van der Waals surface area contributed by atoms with E-state index in [9.17, 15) is 0 Å². The first-order chi connectivity index (χ1) is 12.2.